The third-order valence-corrected chi connectivity index (χ3v) is 7.78. The Labute approximate surface area is 259 Å². The molecule has 3 heterocycles. The molecule has 1 unspecified atom stereocenters. The van der Waals surface area contributed by atoms with E-state index in [2.05, 4.69) is 15.6 Å². The van der Waals surface area contributed by atoms with Crippen LogP contribution in [0.4, 0.5) is 4.79 Å². The van der Waals surface area contributed by atoms with Crippen molar-refractivity contribution in [2.45, 2.75) is 45.2 Å². The number of rotatable bonds is 10. The largest absolute Gasteiger partial charge is 0.483 e. The van der Waals surface area contributed by atoms with Crippen molar-refractivity contribution >= 4 is 46.6 Å². The summed E-state index contributed by atoms with van der Waals surface area (Å²) in [7, 11) is 0. The van der Waals surface area contributed by atoms with Crippen molar-refractivity contribution in [1.82, 2.24) is 30.3 Å². The number of benzene rings is 1. The number of aromatic nitrogens is 1. The number of carboxylic acids is 1. The Kier molecular flexibility index (Phi) is 10.4. The van der Waals surface area contributed by atoms with Crippen molar-refractivity contribution in [3.8, 4) is 5.75 Å². The Hall–Kier alpha value is -4.95. The topological polar surface area (TPSA) is 188 Å². The first-order valence-electron chi connectivity index (χ1n) is 14.8. The van der Waals surface area contributed by atoms with Gasteiger partial charge in [-0.3, -0.25) is 24.0 Å². The number of nitrogens with one attached hydrogen (secondary N) is 2. The summed E-state index contributed by atoms with van der Waals surface area (Å²) in [5.74, 6) is -2.84. The first-order chi connectivity index (χ1) is 21.4. The number of hydrogen-bond donors (Lipinski definition) is 3. The summed E-state index contributed by atoms with van der Waals surface area (Å²) >= 11 is 0. The minimum absolute atomic E-state index is 0.103. The van der Waals surface area contributed by atoms with Crippen LogP contribution in [0.1, 0.15) is 44.1 Å². The molecule has 4 rings (SSSR count). The molecule has 2 saturated heterocycles. The Balaban J connectivity index is 1.50. The first kappa shape index (κ1) is 33.0. The van der Waals surface area contributed by atoms with E-state index in [0.29, 0.717) is 24.0 Å². The van der Waals surface area contributed by atoms with Crippen LogP contribution >= 0.6 is 0 Å². The highest BCUT2D eigenvalue weighted by atomic mass is 16.6. The molecular weight excluding hydrogens is 588 g/mol. The Morgan fingerprint density at radius 1 is 1.07 bits per heavy atom. The van der Waals surface area contributed by atoms with Gasteiger partial charge in [-0.2, -0.15) is 0 Å². The Bertz CT molecular complexity index is 1470. The number of pyridine rings is 1. The molecule has 1 aromatic carbocycles. The van der Waals surface area contributed by atoms with E-state index in [4.69, 9.17) is 9.47 Å². The minimum atomic E-state index is -1.17. The zero-order valence-corrected chi connectivity index (χ0v) is 25.5. The molecule has 242 valence electrons. The average Bonchev–Trinajstić information content (AvgIpc) is 3.02. The number of fused-ring (bicyclic) bond motifs is 1. The molecule has 2 aliphatic rings. The van der Waals surface area contributed by atoms with E-state index in [0.717, 1.165) is 0 Å². The second kappa shape index (κ2) is 14.2. The lowest BCUT2D eigenvalue weighted by atomic mass is 9.99. The fourth-order valence-corrected chi connectivity index (χ4v) is 5.23. The fraction of sp³-hybridized carbons (Fsp3) is 0.500. The van der Waals surface area contributed by atoms with E-state index in [1.165, 1.54) is 20.8 Å². The van der Waals surface area contributed by atoms with Crippen molar-refractivity contribution < 1.29 is 43.3 Å². The molecule has 1 atom stereocenters. The predicted octanol–water partition coefficient (Wildman–Crippen LogP) is 0.615. The van der Waals surface area contributed by atoms with Crippen LogP contribution in [-0.2, 0) is 23.9 Å². The van der Waals surface area contributed by atoms with E-state index >= 15 is 0 Å². The lowest BCUT2D eigenvalue weighted by molar-refractivity contribution is -0.150. The maximum atomic E-state index is 13.5. The highest BCUT2D eigenvalue weighted by Gasteiger charge is 2.40. The van der Waals surface area contributed by atoms with Gasteiger partial charge in [-0.25, -0.2) is 9.78 Å². The van der Waals surface area contributed by atoms with E-state index < -0.39 is 48.0 Å². The summed E-state index contributed by atoms with van der Waals surface area (Å²) < 4.78 is 10.9. The van der Waals surface area contributed by atoms with Gasteiger partial charge in [0.25, 0.3) is 11.8 Å². The lowest BCUT2D eigenvalue weighted by Gasteiger charge is -2.41. The van der Waals surface area contributed by atoms with Gasteiger partial charge in [0.05, 0.1) is 12.1 Å². The summed E-state index contributed by atoms with van der Waals surface area (Å²) in [6, 6.07) is 7.03. The number of aliphatic carboxylic acids is 1. The van der Waals surface area contributed by atoms with Gasteiger partial charge in [0.15, 0.2) is 6.61 Å². The fourth-order valence-electron chi connectivity index (χ4n) is 5.23. The molecule has 2 aromatic rings. The van der Waals surface area contributed by atoms with Gasteiger partial charge in [0.1, 0.15) is 23.0 Å². The number of carboxylic acid groups (broad SMARTS) is 1. The molecular formula is C30H38N6O9. The summed E-state index contributed by atoms with van der Waals surface area (Å²) in [5.41, 5.74) is -0.768. The maximum Gasteiger partial charge on any atom is 0.409 e. The van der Waals surface area contributed by atoms with E-state index in [9.17, 15) is 33.9 Å². The second-order valence-electron chi connectivity index (χ2n) is 11.1. The van der Waals surface area contributed by atoms with Crippen molar-refractivity contribution in [3.05, 3.63) is 36.0 Å². The van der Waals surface area contributed by atoms with Crippen LogP contribution in [0.5, 0.6) is 5.75 Å². The molecule has 15 nitrogen and oxygen atoms in total. The van der Waals surface area contributed by atoms with Crippen LogP contribution in [0, 0.1) is 0 Å². The average molecular weight is 627 g/mol. The molecule has 5 amide bonds. The molecule has 2 aliphatic heterocycles. The van der Waals surface area contributed by atoms with Crippen LogP contribution < -0.4 is 15.4 Å². The smallest absolute Gasteiger partial charge is 0.409 e. The molecule has 0 spiro atoms. The van der Waals surface area contributed by atoms with E-state index in [-0.39, 0.29) is 63.0 Å². The van der Waals surface area contributed by atoms with Gasteiger partial charge in [-0.15, -0.1) is 0 Å². The molecule has 2 fully saturated rings. The molecule has 45 heavy (non-hydrogen) atoms. The number of nitrogens with zero attached hydrogens (tertiary/aromatic N) is 4. The Morgan fingerprint density at radius 3 is 2.44 bits per heavy atom. The summed E-state index contributed by atoms with van der Waals surface area (Å²) in [6.45, 7) is 6.28. The molecule has 0 saturated carbocycles. The van der Waals surface area contributed by atoms with Gasteiger partial charge in [-0.1, -0.05) is 12.1 Å². The standard InChI is InChI=1S/C30H38N6O9/c1-4-44-29(43)35-15-13-34(14-16-35)27(41)21(9-10-25(38)39)33-26(40)22-17-23(19-7-5-6-8-20(19)32-22)45-18-24(37)36-12-11-31-28(42)30(36,2)3/h5-8,17,21H,4,9-16,18H2,1-3H3,(H,31,42)(H,33,40)(H,38,39). The number of carbonyl (C=O) groups excluding carboxylic acids is 5. The molecule has 1 aromatic heterocycles. The molecule has 0 radical (unpaired) electrons. The first-order valence-corrected chi connectivity index (χ1v) is 14.8. The third-order valence-electron chi connectivity index (χ3n) is 7.78. The van der Waals surface area contributed by atoms with Crippen molar-refractivity contribution in [1.29, 1.82) is 0 Å². The van der Waals surface area contributed by atoms with Crippen molar-refractivity contribution in [3.63, 3.8) is 0 Å². The van der Waals surface area contributed by atoms with Gasteiger partial charge in [0.2, 0.25) is 11.8 Å². The van der Waals surface area contributed by atoms with Crippen molar-refractivity contribution in [2.24, 2.45) is 0 Å². The monoisotopic (exact) mass is 626 g/mol. The lowest BCUT2D eigenvalue weighted by Crippen LogP contribution is -2.64. The molecule has 15 heteroatoms. The number of piperazine rings is 2. The van der Waals surface area contributed by atoms with Crippen LogP contribution in [0.15, 0.2) is 30.3 Å². The predicted molar refractivity (Wildman–Crippen MR) is 159 cm³/mol. The summed E-state index contributed by atoms with van der Waals surface area (Å²) in [4.78, 5) is 84.5. The number of hydrogen-bond acceptors (Lipinski definition) is 9. The van der Waals surface area contributed by atoms with E-state index in [1.54, 1.807) is 45.0 Å². The van der Waals surface area contributed by atoms with Gasteiger partial charge in [0, 0.05) is 57.1 Å². The summed E-state index contributed by atoms with van der Waals surface area (Å²) in [6.07, 6.45) is -1.01. The number of para-hydroxylation sites is 1. The highest BCUT2D eigenvalue weighted by Crippen LogP contribution is 2.26. The molecule has 3 N–H and O–H groups in total. The zero-order chi connectivity index (χ0) is 32.7. The van der Waals surface area contributed by atoms with Crippen LogP contribution in [0.25, 0.3) is 10.9 Å². The zero-order valence-electron chi connectivity index (χ0n) is 25.5. The molecule has 0 bridgehead atoms. The summed E-state index contributed by atoms with van der Waals surface area (Å²) in [5, 5.41) is 15.2. The second-order valence-corrected chi connectivity index (χ2v) is 11.1. The van der Waals surface area contributed by atoms with Gasteiger partial charge < -0.3 is 39.9 Å². The number of amides is 5. The normalized spacial score (nSPS) is 16.9. The number of carbonyl (C=O) groups is 6. The van der Waals surface area contributed by atoms with Crippen LogP contribution in [-0.4, -0.2) is 125 Å². The number of ether oxygens (including phenoxy) is 2. The van der Waals surface area contributed by atoms with Gasteiger partial charge >= 0.3 is 12.1 Å². The SMILES string of the molecule is CCOC(=O)N1CCN(C(=O)C(CCC(=O)O)NC(=O)c2cc(OCC(=O)N3CCNC(=O)C3(C)C)c3ccccc3n2)CC1. The van der Waals surface area contributed by atoms with Crippen LogP contribution in [0.2, 0.25) is 0 Å². The molecule has 0 aliphatic carbocycles. The van der Waals surface area contributed by atoms with E-state index in [1.807, 2.05) is 0 Å². The maximum absolute atomic E-state index is 13.5. The third kappa shape index (κ3) is 7.77. The Morgan fingerprint density at radius 2 is 1.76 bits per heavy atom. The van der Waals surface area contributed by atoms with Gasteiger partial charge in [-0.05, 0) is 39.3 Å². The minimum Gasteiger partial charge on any atom is -0.483 e. The van der Waals surface area contributed by atoms with Crippen molar-refractivity contribution in [2.75, 3.05) is 52.5 Å². The highest BCUT2D eigenvalue weighted by molar-refractivity contribution is 5.99. The van der Waals surface area contributed by atoms with Crippen LogP contribution in [0.3, 0.4) is 0 Å². The quantitative estimate of drug-likeness (QED) is 0.337.